The average molecular weight is 411 g/mol. The van der Waals surface area contributed by atoms with Crippen molar-refractivity contribution in [2.75, 3.05) is 5.75 Å². The molecule has 3 aliphatic rings. The minimum absolute atomic E-state index is 0.0542. The third-order valence-corrected chi connectivity index (χ3v) is 8.27. The lowest BCUT2D eigenvalue weighted by Gasteiger charge is -2.56. The highest BCUT2D eigenvalue weighted by Crippen LogP contribution is 2.59. The molecule has 3 N–H and O–H groups in total. The summed E-state index contributed by atoms with van der Waals surface area (Å²) in [6, 6.07) is 18.3. The molecular formula is C24H30N2O2S. The van der Waals surface area contributed by atoms with Crippen LogP contribution >= 0.6 is 0 Å². The van der Waals surface area contributed by atoms with Crippen LogP contribution in [0.3, 0.4) is 0 Å². The molecule has 2 bridgehead atoms. The van der Waals surface area contributed by atoms with E-state index in [0.29, 0.717) is 11.8 Å². The van der Waals surface area contributed by atoms with Crippen molar-refractivity contribution in [1.82, 2.24) is 4.72 Å². The number of nitrogens with one attached hydrogen (secondary N) is 1. The van der Waals surface area contributed by atoms with Crippen LogP contribution in [0.15, 0.2) is 72.3 Å². The van der Waals surface area contributed by atoms with Crippen molar-refractivity contribution >= 4 is 10.0 Å². The maximum atomic E-state index is 13.2. The molecule has 0 amide bonds. The van der Waals surface area contributed by atoms with Crippen LogP contribution in [0.25, 0.3) is 0 Å². The van der Waals surface area contributed by atoms with E-state index in [9.17, 15) is 8.42 Å². The molecule has 3 aliphatic carbocycles. The maximum absolute atomic E-state index is 13.2. The number of nitrogens with two attached hydrogens (primary N) is 1. The summed E-state index contributed by atoms with van der Waals surface area (Å²) in [4.78, 5) is 0. The zero-order valence-corrected chi connectivity index (χ0v) is 17.9. The van der Waals surface area contributed by atoms with Crippen LogP contribution in [0.4, 0.5) is 0 Å². The van der Waals surface area contributed by atoms with Crippen molar-refractivity contribution in [3.05, 3.63) is 83.4 Å². The molecule has 29 heavy (non-hydrogen) atoms. The van der Waals surface area contributed by atoms with E-state index in [1.807, 2.05) is 60.7 Å². The van der Waals surface area contributed by atoms with Crippen molar-refractivity contribution < 1.29 is 8.42 Å². The highest BCUT2D eigenvalue weighted by molar-refractivity contribution is 7.89. The van der Waals surface area contributed by atoms with E-state index in [1.165, 1.54) is 0 Å². The topological polar surface area (TPSA) is 72.2 Å². The van der Waals surface area contributed by atoms with E-state index in [-0.39, 0.29) is 11.2 Å². The SMILES string of the molecule is CC1(C)C2CC=C(CS(=O)(=O)NC(c3ccccc3)C(N)c3ccccc3)C1C2. The smallest absolute Gasteiger partial charge is 0.216 e. The van der Waals surface area contributed by atoms with Gasteiger partial charge >= 0.3 is 0 Å². The highest BCUT2D eigenvalue weighted by atomic mass is 32.2. The van der Waals surface area contributed by atoms with Gasteiger partial charge in [-0.1, -0.05) is 86.2 Å². The molecule has 0 aliphatic heterocycles. The largest absolute Gasteiger partial charge is 0.322 e. The summed E-state index contributed by atoms with van der Waals surface area (Å²) in [5, 5.41) is 0. The van der Waals surface area contributed by atoms with Crippen LogP contribution in [-0.4, -0.2) is 14.2 Å². The zero-order chi connectivity index (χ0) is 20.6. The number of fused-ring (bicyclic) bond motifs is 1. The fourth-order valence-electron chi connectivity index (χ4n) is 4.97. The molecule has 0 radical (unpaired) electrons. The van der Waals surface area contributed by atoms with Gasteiger partial charge in [-0.25, -0.2) is 13.1 Å². The molecule has 1 saturated carbocycles. The van der Waals surface area contributed by atoms with Crippen molar-refractivity contribution in [3.63, 3.8) is 0 Å². The van der Waals surface area contributed by atoms with E-state index in [4.69, 9.17) is 5.73 Å². The monoisotopic (exact) mass is 410 g/mol. The standard InChI is InChI=1S/C24H30N2O2S/c1-24(2)20-14-13-19(21(24)15-20)16-29(27,28)26-23(18-11-7-4-8-12-18)22(25)17-9-5-3-6-10-17/h3-13,20-23,26H,14-16,25H2,1-2H3. The van der Waals surface area contributed by atoms with Gasteiger partial charge in [-0.15, -0.1) is 0 Å². The van der Waals surface area contributed by atoms with Gasteiger partial charge in [-0.3, -0.25) is 0 Å². The number of allylic oxidation sites excluding steroid dienone is 1. The van der Waals surface area contributed by atoms with Gasteiger partial charge in [0.15, 0.2) is 0 Å². The first-order valence-corrected chi connectivity index (χ1v) is 12.0. The van der Waals surface area contributed by atoms with Gasteiger partial charge in [0.05, 0.1) is 17.8 Å². The van der Waals surface area contributed by atoms with Crippen LogP contribution in [0.5, 0.6) is 0 Å². The van der Waals surface area contributed by atoms with Gasteiger partial charge in [-0.2, -0.15) is 0 Å². The quantitative estimate of drug-likeness (QED) is 0.667. The van der Waals surface area contributed by atoms with Crippen molar-refractivity contribution in [2.24, 2.45) is 23.0 Å². The van der Waals surface area contributed by atoms with Crippen LogP contribution in [0, 0.1) is 17.3 Å². The molecule has 4 nitrogen and oxygen atoms in total. The summed E-state index contributed by atoms with van der Waals surface area (Å²) in [6.45, 7) is 4.52. The van der Waals surface area contributed by atoms with Gasteiger partial charge < -0.3 is 5.73 Å². The molecule has 0 spiro atoms. The van der Waals surface area contributed by atoms with Gasteiger partial charge in [0.2, 0.25) is 10.0 Å². The van der Waals surface area contributed by atoms with Gasteiger partial charge in [0.1, 0.15) is 0 Å². The number of sulfonamides is 1. The lowest BCUT2D eigenvalue weighted by atomic mass is 9.49. The fraction of sp³-hybridized carbons (Fsp3) is 0.417. The number of hydrogen-bond acceptors (Lipinski definition) is 3. The van der Waals surface area contributed by atoms with Crippen LogP contribution in [0.1, 0.15) is 49.9 Å². The number of hydrogen-bond donors (Lipinski definition) is 2. The maximum Gasteiger partial charge on any atom is 0.216 e. The first kappa shape index (κ1) is 20.3. The first-order valence-electron chi connectivity index (χ1n) is 10.3. The third kappa shape index (κ3) is 4.04. The molecule has 154 valence electrons. The van der Waals surface area contributed by atoms with Crippen molar-refractivity contribution in [3.8, 4) is 0 Å². The van der Waals surface area contributed by atoms with E-state index in [0.717, 1.165) is 29.5 Å². The molecule has 4 unspecified atom stereocenters. The fourth-order valence-corrected chi connectivity index (χ4v) is 6.48. The summed E-state index contributed by atoms with van der Waals surface area (Å²) in [5.74, 6) is 1.12. The highest BCUT2D eigenvalue weighted by Gasteiger charge is 2.51. The Morgan fingerprint density at radius 3 is 2.17 bits per heavy atom. The first-order chi connectivity index (χ1) is 13.8. The van der Waals surface area contributed by atoms with Gasteiger partial charge in [-0.05, 0) is 41.2 Å². The molecule has 2 aromatic rings. The Kier molecular flexibility index (Phi) is 5.40. The predicted molar refractivity (Wildman–Crippen MR) is 118 cm³/mol. The average Bonchev–Trinajstić information content (AvgIpc) is 2.72. The Hall–Kier alpha value is -1.95. The summed E-state index contributed by atoms with van der Waals surface area (Å²) < 4.78 is 29.3. The predicted octanol–water partition coefficient (Wildman–Crippen LogP) is 4.34. The zero-order valence-electron chi connectivity index (χ0n) is 17.1. The molecule has 5 rings (SSSR count). The van der Waals surface area contributed by atoms with Crippen molar-refractivity contribution in [1.29, 1.82) is 0 Å². The number of rotatable bonds is 7. The normalized spacial score (nSPS) is 24.9. The van der Waals surface area contributed by atoms with E-state index < -0.39 is 22.1 Å². The molecule has 0 aromatic heterocycles. The summed E-state index contributed by atoms with van der Waals surface area (Å²) in [7, 11) is -3.54. The van der Waals surface area contributed by atoms with Crippen LogP contribution in [0.2, 0.25) is 0 Å². The summed E-state index contributed by atoms with van der Waals surface area (Å²) >= 11 is 0. The van der Waals surface area contributed by atoms with Gasteiger partial charge in [0.25, 0.3) is 0 Å². The lowest BCUT2D eigenvalue weighted by molar-refractivity contribution is -0.00552. The Balaban J connectivity index is 1.58. The Morgan fingerprint density at radius 1 is 1.03 bits per heavy atom. The summed E-state index contributed by atoms with van der Waals surface area (Å²) in [5.41, 5.74) is 9.59. The van der Waals surface area contributed by atoms with Crippen LogP contribution < -0.4 is 10.5 Å². The molecule has 4 atom stereocenters. The second-order valence-electron chi connectivity index (χ2n) is 9.02. The molecular weight excluding hydrogens is 380 g/mol. The molecule has 5 heteroatoms. The Labute approximate surface area is 174 Å². The van der Waals surface area contributed by atoms with E-state index in [2.05, 4.69) is 24.6 Å². The van der Waals surface area contributed by atoms with Crippen LogP contribution in [-0.2, 0) is 10.0 Å². The van der Waals surface area contributed by atoms with E-state index >= 15 is 0 Å². The van der Waals surface area contributed by atoms with Crippen molar-refractivity contribution in [2.45, 2.75) is 38.8 Å². The van der Waals surface area contributed by atoms with E-state index in [1.54, 1.807) is 0 Å². The lowest BCUT2D eigenvalue weighted by Crippen LogP contribution is -2.49. The second-order valence-corrected chi connectivity index (χ2v) is 10.8. The molecule has 1 fully saturated rings. The van der Waals surface area contributed by atoms with Gasteiger partial charge in [0, 0.05) is 0 Å². The minimum atomic E-state index is -3.54. The Morgan fingerprint density at radius 2 is 1.62 bits per heavy atom. The third-order valence-electron chi connectivity index (χ3n) is 6.95. The second kappa shape index (κ2) is 7.71. The summed E-state index contributed by atoms with van der Waals surface area (Å²) in [6.07, 6.45) is 4.25. The molecule has 0 heterocycles. The number of benzene rings is 2. The molecule has 2 aromatic carbocycles. The molecule has 0 saturated heterocycles. The minimum Gasteiger partial charge on any atom is -0.322 e. The Bertz CT molecular complexity index is 984.